The predicted molar refractivity (Wildman–Crippen MR) is 101 cm³/mol. The van der Waals surface area contributed by atoms with Gasteiger partial charge in [0.15, 0.2) is 0 Å². The highest BCUT2D eigenvalue weighted by Gasteiger charge is 2.15. The van der Waals surface area contributed by atoms with E-state index in [0.29, 0.717) is 18.5 Å². The zero-order valence-corrected chi connectivity index (χ0v) is 14.7. The highest BCUT2D eigenvalue weighted by molar-refractivity contribution is 5.94. The highest BCUT2D eigenvalue weighted by Crippen LogP contribution is 2.18. The van der Waals surface area contributed by atoms with Crippen LogP contribution in [0, 0.1) is 0 Å². The van der Waals surface area contributed by atoms with Crippen molar-refractivity contribution in [1.29, 1.82) is 0 Å². The van der Waals surface area contributed by atoms with Crippen LogP contribution in [0.2, 0.25) is 0 Å². The van der Waals surface area contributed by atoms with Crippen LogP contribution < -0.4 is 5.32 Å². The summed E-state index contributed by atoms with van der Waals surface area (Å²) in [5, 5.41) is 17.4. The number of amides is 1. The van der Waals surface area contributed by atoms with Gasteiger partial charge >= 0.3 is 0 Å². The van der Waals surface area contributed by atoms with Crippen molar-refractivity contribution in [2.45, 2.75) is 32.0 Å². The Bertz CT molecular complexity index is 814. The maximum absolute atomic E-state index is 12.4. The molecule has 0 aliphatic heterocycles. The number of hydrogen-bond donors (Lipinski definition) is 2. The lowest BCUT2D eigenvalue weighted by atomic mass is 10.0. The van der Waals surface area contributed by atoms with E-state index >= 15 is 0 Å². The van der Waals surface area contributed by atoms with Gasteiger partial charge in [0, 0.05) is 24.0 Å². The van der Waals surface area contributed by atoms with Crippen molar-refractivity contribution < 1.29 is 9.90 Å². The second-order valence-electron chi connectivity index (χ2n) is 6.44. The Hall–Kier alpha value is -2.92. The molecule has 0 fully saturated rings. The van der Waals surface area contributed by atoms with Gasteiger partial charge in [-0.15, -0.1) is 0 Å². The molecule has 0 saturated carbocycles. The van der Waals surface area contributed by atoms with Crippen molar-refractivity contribution in [1.82, 2.24) is 15.1 Å². The molecular formula is C21H23N3O2. The number of aromatic nitrogens is 2. The minimum Gasteiger partial charge on any atom is -0.388 e. The molecule has 26 heavy (non-hydrogen) atoms. The van der Waals surface area contributed by atoms with Gasteiger partial charge in [-0.05, 0) is 42.7 Å². The highest BCUT2D eigenvalue weighted by atomic mass is 16.3. The lowest BCUT2D eigenvalue weighted by molar-refractivity contribution is 0.0917. The zero-order chi connectivity index (χ0) is 18.4. The van der Waals surface area contributed by atoms with E-state index in [-0.39, 0.29) is 11.9 Å². The summed E-state index contributed by atoms with van der Waals surface area (Å²) in [6.45, 7) is 2.57. The number of nitrogens with zero attached hydrogens (tertiary/aromatic N) is 2. The number of hydrogen-bond acceptors (Lipinski definition) is 3. The van der Waals surface area contributed by atoms with Gasteiger partial charge in [0.1, 0.15) is 0 Å². The monoisotopic (exact) mass is 349 g/mol. The second-order valence-corrected chi connectivity index (χ2v) is 6.44. The van der Waals surface area contributed by atoms with Gasteiger partial charge in [-0.2, -0.15) is 5.10 Å². The van der Waals surface area contributed by atoms with Crippen LogP contribution in [0.3, 0.4) is 0 Å². The summed E-state index contributed by atoms with van der Waals surface area (Å²) in [6, 6.07) is 18.7. The number of nitrogens with one attached hydrogen (secondary N) is 1. The van der Waals surface area contributed by atoms with Crippen molar-refractivity contribution >= 4 is 5.91 Å². The summed E-state index contributed by atoms with van der Waals surface area (Å²) in [6.07, 6.45) is 3.52. The Labute approximate surface area is 153 Å². The third-order valence-electron chi connectivity index (χ3n) is 4.26. The molecule has 0 bridgehead atoms. The van der Waals surface area contributed by atoms with E-state index in [9.17, 15) is 9.90 Å². The van der Waals surface area contributed by atoms with Crippen LogP contribution in [-0.2, 0) is 6.54 Å². The molecule has 1 aromatic heterocycles. The van der Waals surface area contributed by atoms with Gasteiger partial charge in [0.2, 0.25) is 0 Å². The molecule has 0 aliphatic rings. The molecular weight excluding hydrogens is 326 g/mol. The van der Waals surface area contributed by atoms with E-state index in [1.54, 1.807) is 6.20 Å². The van der Waals surface area contributed by atoms with Gasteiger partial charge in [-0.25, -0.2) is 0 Å². The first-order valence-corrected chi connectivity index (χ1v) is 8.72. The Balaban J connectivity index is 1.53. The first kappa shape index (κ1) is 17.9. The first-order valence-electron chi connectivity index (χ1n) is 8.72. The summed E-state index contributed by atoms with van der Waals surface area (Å²) < 4.78 is 1.84. The van der Waals surface area contributed by atoms with E-state index in [2.05, 4.69) is 10.4 Å². The third-order valence-corrected chi connectivity index (χ3v) is 4.26. The summed E-state index contributed by atoms with van der Waals surface area (Å²) >= 11 is 0. The number of rotatable bonds is 7. The van der Waals surface area contributed by atoms with Gasteiger partial charge in [0.25, 0.3) is 5.91 Å². The maximum Gasteiger partial charge on any atom is 0.251 e. The number of benzene rings is 2. The second kappa shape index (κ2) is 8.45. The normalized spacial score (nSPS) is 13.2. The molecule has 1 amide bonds. The Kier molecular flexibility index (Phi) is 5.81. The number of aliphatic hydroxyl groups is 1. The molecule has 1 heterocycles. The minimum absolute atomic E-state index is 0.136. The van der Waals surface area contributed by atoms with E-state index in [1.165, 1.54) is 0 Å². The summed E-state index contributed by atoms with van der Waals surface area (Å²) in [5.41, 5.74) is 2.55. The fourth-order valence-electron chi connectivity index (χ4n) is 2.85. The third kappa shape index (κ3) is 4.80. The van der Waals surface area contributed by atoms with Gasteiger partial charge < -0.3 is 10.4 Å². The predicted octanol–water partition coefficient (Wildman–Crippen LogP) is 3.17. The van der Waals surface area contributed by atoms with E-state index in [4.69, 9.17) is 0 Å². The first-order chi connectivity index (χ1) is 12.6. The Morgan fingerprint density at radius 2 is 1.85 bits per heavy atom. The van der Waals surface area contributed by atoms with Crippen LogP contribution in [-0.4, -0.2) is 26.8 Å². The summed E-state index contributed by atoms with van der Waals surface area (Å²) in [7, 11) is 0. The molecule has 5 nitrogen and oxygen atoms in total. The molecule has 5 heteroatoms. The molecule has 134 valence electrons. The van der Waals surface area contributed by atoms with E-state index in [0.717, 1.165) is 11.1 Å². The molecule has 2 atom stereocenters. The largest absolute Gasteiger partial charge is 0.388 e. The van der Waals surface area contributed by atoms with E-state index in [1.807, 2.05) is 78.5 Å². The molecule has 0 aliphatic carbocycles. The maximum atomic E-state index is 12.4. The molecule has 3 aromatic rings. The SMILES string of the molecule is CC(CC(O)c1ccccc1)NC(=O)c1ccc(Cn2cccn2)cc1. The number of carbonyl (C=O) groups excluding carboxylic acids is 1. The van der Waals surface area contributed by atoms with Crippen LogP contribution in [0.15, 0.2) is 73.1 Å². The molecule has 0 spiro atoms. The van der Waals surface area contributed by atoms with Crippen LogP contribution in [0.5, 0.6) is 0 Å². The van der Waals surface area contributed by atoms with Crippen LogP contribution in [0.4, 0.5) is 0 Å². The molecule has 0 radical (unpaired) electrons. The average molecular weight is 349 g/mol. The van der Waals surface area contributed by atoms with Crippen molar-refractivity contribution in [3.8, 4) is 0 Å². The fraction of sp³-hybridized carbons (Fsp3) is 0.238. The van der Waals surface area contributed by atoms with Crippen molar-refractivity contribution in [2.24, 2.45) is 0 Å². The van der Waals surface area contributed by atoms with Crippen molar-refractivity contribution in [3.05, 3.63) is 89.7 Å². The lowest BCUT2D eigenvalue weighted by Gasteiger charge is -2.18. The molecule has 3 rings (SSSR count). The van der Waals surface area contributed by atoms with Gasteiger partial charge in [-0.1, -0.05) is 42.5 Å². The fourth-order valence-corrected chi connectivity index (χ4v) is 2.85. The number of carbonyl (C=O) groups is 1. The average Bonchev–Trinajstić information content (AvgIpc) is 3.16. The van der Waals surface area contributed by atoms with E-state index < -0.39 is 6.10 Å². The molecule has 2 unspecified atom stereocenters. The quantitative estimate of drug-likeness (QED) is 0.688. The molecule has 2 N–H and O–H groups in total. The topological polar surface area (TPSA) is 67.2 Å². The lowest BCUT2D eigenvalue weighted by Crippen LogP contribution is -2.33. The van der Waals surface area contributed by atoms with Crippen molar-refractivity contribution in [2.75, 3.05) is 0 Å². The Morgan fingerprint density at radius 1 is 1.12 bits per heavy atom. The minimum atomic E-state index is -0.594. The Morgan fingerprint density at radius 3 is 2.50 bits per heavy atom. The van der Waals surface area contributed by atoms with Gasteiger partial charge in [0.05, 0.1) is 12.6 Å². The summed E-state index contributed by atoms with van der Waals surface area (Å²) in [5.74, 6) is -0.136. The summed E-state index contributed by atoms with van der Waals surface area (Å²) in [4.78, 5) is 12.4. The van der Waals surface area contributed by atoms with Crippen LogP contribution in [0.1, 0.15) is 40.9 Å². The van der Waals surface area contributed by atoms with Gasteiger partial charge in [-0.3, -0.25) is 9.48 Å². The van der Waals surface area contributed by atoms with Crippen LogP contribution >= 0.6 is 0 Å². The zero-order valence-electron chi connectivity index (χ0n) is 14.7. The van der Waals surface area contributed by atoms with Crippen molar-refractivity contribution in [3.63, 3.8) is 0 Å². The van der Waals surface area contributed by atoms with Crippen LogP contribution in [0.25, 0.3) is 0 Å². The molecule has 2 aromatic carbocycles. The molecule has 0 saturated heterocycles. The number of aliphatic hydroxyl groups excluding tert-OH is 1. The smallest absolute Gasteiger partial charge is 0.251 e. The standard InChI is InChI=1S/C21H23N3O2/c1-16(14-20(25)18-6-3-2-4-7-18)23-21(26)19-10-8-17(9-11-19)15-24-13-5-12-22-24/h2-13,16,20,25H,14-15H2,1H3,(H,23,26).